The van der Waals surface area contributed by atoms with Gasteiger partial charge >= 0.3 is 11.0 Å². The van der Waals surface area contributed by atoms with E-state index in [1.807, 2.05) is 0 Å². The van der Waals surface area contributed by atoms with Crippen LogP contribution in [0.4, 0.5) is 10.0 Å². The van der Waals surface area contributed by atoms with Gasteiger partial charge in [0.2, 0.25) is 0 Å². The van der Waals surface area contributed by atoms with E-state index in [1.165, 1.54) is 23.6 Å². The van der Waals surface area contributed by atoms with E-state index >= 15 is 0 Å². The summed E-state index contributed by atoms with van der Waals surface area (Å²) >= 11 is 1.80. The Kier molecular flexibility index (Phi) is 3.58. The Hall–Kier alpha value is -2.26. The first-order chi connectivity index (χ1) is 8.99. The molecular formula is C10H6N2O5S2. The molecule has 0 fully saturated rings. The van der Waals surface area contributed by atoms with Crippen molar-refractivity contribution in [1.82, 2.24) is 0 Å². The Balaban J connectivity index is 2.18. The Morgan fingerprint density at radius 3 is 2.63 bits per heavy atom. The Morgan fingerprint density at radius 2 is 2.05 bits per heavy atom. The monoisotopic (exact) mass is 298 g/mol. The van der Waals surface area contributed by atoms with Crippen LogP contribution in [0.3, 0.4) is 0 Å². The highest BCUT2D eigenvalue weighted by molar-refractivity contribution is 7.17. The van der Waals surface area contributed by atoms with E-state index in [0.29, 0.717) is 0 Å². The average molecular weight is 298 g/mol. The van der Waals surface area contributed by atoms with E-state index < -0.39 is 16.8 Å². The van der Waals surface area contributed by atoms with E-state index in [-0.39, 0.29) is 20.4 Å². The third kappa shape index (κ3) is 2.77. The molecule has 2 heterocycles. The van der Waals surface area contributed by atoms with Gasteiger partial charge < -0.3 is 10.4 Å². The lowest BCUT2D eigenvalue weighted by atomic mass is 10.3. The first-order valence-electron chi connectivity index (χ1n) is 4.85. The van der Waals surface area contributed by atoms with Crippen LogP contribution in [-0.2, 0) is 0 Å². The minimum Gasteiger partial charge on any atom is -0.478 e. The number of nitrogens with one attached hydrogen (secondary N) is 1. The fourth-order valence-electron chi connectivity index (χ4n) is 1.29. The zero-order valence-electron chi connectivity index (χ0n) is 9.15. The lowest BCUT2D eigenvalue weighted by Crippen LogP contribution is -2.11. The van der Waals surface area contributed by atoms with Crippen LogP contribution in [-0.4, -0.2) is 21.9 Å². The zero-order chi connectivity index (χ0) is 14.0. The van der Waals surface area contributed by atoms with Crippen LogP contribution >= 0.6 is 22.7 Å². The normalized spacial score (nSPS) is 10.1. The molecule has 0 unspecified atom stereocenters. The van der Waals surface area contributed by atoms with E-state index in [4.69, 9.17) is 5.11 Å². The number of anilines is 1. The van der Waals surface area contributed by atoms with Crippen LogP contribution < -0.4 is 5.32 Å². The number of aromatic carboxylic acids is 1. The van der Waals surface area contributed by atoms with Crippen LogP contribution in [0.2, 0.25) is 0 Å². The zero-order valence-corrected chi connectivity index (χ0v) is 10.8. The van der Waals surface area contributed by atoms with Gasteiger partial charge in [-0.15, -0.1) is 11.3 Å². The standard InChI is InChI=1S/C10H6N2O5S2/c13-8(6-1-2-7(19-6)12(16)17)11-9-5(10(14)15)3-4-18-9/h1-4H,(H,11,13)(H,14,15). The van der Waals surface area contributed by atoms with E-state index in [9.17, 15) is 19.7 Å². The molecule has 0 saturated carbocycles. The van der Waals surface area contributed by atoms with E-state index in [1.54, 1.807) is 0 Å². The van der Waals surface area contributed by atoms with Gasteiger partial charge in [-0.3, -0.25) is 14.9 Å². The summed E-state index contributed by atoms with van der Waals surface area (Å²) in [6, 6.07) is 3.93. The highest BCUT2D eigenvalue weighted by Crippen LogP contribution is 2.27. The second kappa shape index (κ2) is 5.16. The number of hydrogen-bond acceptors (Lipinski definition) is 6. The molecule has 9 heteroatoms. The number of carbonyl (C=O) groups is 2. The first kappa shape index (κ1) is 13.2. The van der Waals surface area contributed by atoms with Gasteiger partial charge in [-0.05, 0) is 17.5 Å². The van der Waals surface area contributed by atoms with Crippen molar-refractivity contribution in [1.29, 1.82) is 0 Å². The second-order valence-electron chi connectivity index (χ2n) is 3.32. The molecule has 1 amide bonds. The number of carboxylic acids is 1. The van der Waals surface area contributed by atoms with Crippen LogP contribution in [0.15, 0.2) is 23.6 Å². The summed E-state index contributed by atoms with van der Waals surface area (Å²) in [6.07, 6.45) is 0. The number of nitro groups is 1. The third-order valence-corrected chi connectivity index (χ3v) is 3.98. The predicted molar refractivity (Wildman–Crippen MR) is 70.2 cm³/mol. The maximum atomic E-state index is 11.8. The molecule has 2 rings (SSSR count). The number of rotatable bonds is 4. The molecule has 0 aliphatic heterocycles. The summed E-state index contributed by atoms with van der Waals surface area (Å²) in [5.74, 6) is -1.71. The smallest absolute Gasteiger partial charge is 0.338 e. The van der Waals surface area contributed by atoms with Gasteiger partial charge in [0.05, 0.1) is 15.4 Å². The molecule has 98 valence electrons. The van der Waals surface area contributed by atoms with Crippen molar-refractivity contribution in [3.05, 3.63) is 44.1 Å². The Labute approximate surface area is 114 Å². The topological polar surface area (TPSA) is 110 Å². The van der Waals surface area contributed by atoms with Gasteiger partial charge in [-0.25, -0.2) is 4.79 Å². The number of carboxylic acid groups (broad SMARTS) is 1. The predicted octanol–water partition coefficient (Wildman–Crippen LogP) is 2.67. The van der Waals surface area contributed by atoms with Crippen molar-refractivity contribution in [3.63, 3.8) is 0 Å². The SMILES string of the molecule is O=C(Nc1sccc1C(=O)O)c1ccc([N+](=O)[O-])s1. The number of carbonyl (C=O) groups excluding carboxylic acids is 1. The summed E-state index contributed by atoms with van der Waals surface area (Å²) < 4.78 is 0. The molecule has 0 atom stereocenters. The van der Waals surface area contributed by atoms with Crippen molar-refractivity contribution in [2.45, 2.75) is 0 Å². The fourth-order valence-corrected chi connectivity index (χ4v) is 2.78. The van der Waals surface area contributed by atoms with Gasteiger partial charge in [-0.1, -0.05) is 11.3 Å². The number of hydrogen-bond donors (Lipinski definition) is 2. The van der Waals surface area contributed by atoms with Gasteiger partial charge in [0, 0.05) is 6.07 Å². The third-order valence-electron chi connectivity index (χ3n) is 2.12. The number of thiophene rings is 2. The van der Waals surface area contributed by atoms with Crippen LogP contribution in [0.5, 0.6) is 0 Å². The molecule has 0 spiro atoms. The summed E-state index contributed by atoms with van der Waals surface area (Å²) in [5, 5.41) is 23.4. The van der Waals surface area contributed by atoms with Gasteiger partial charge in [0.15, 0.2) is 0 Å². The first-order valence-corrected chi connectivity index (χ1v) is 6.55. The van der Waals surface area contributed by atoms with Crippen molar-refractivity contribution in [2.75, 3.05) is 5.32 Å². The minimum atomic E-state index is -1.14. The Bertz CT molecular complexity index is 660. The molecule has 0 bridgehead atoms. The summed E-state index contributed by atoms with van der Waals surface area (Å²) in [7, 11) is 0. The van der Waals surface area contributed by atoms with Crippen LogP contribution in [0, 0.1) is 10.1 Å². The molecule has 7 nitrogen and oxygen atoms in total. The van der Waals surface area contributed by atoms with Gasteiger partial charge in [0.1, 0.15) is 5.00 Å². The maximum absolute atomic E-state index is 11.8. The van der Waals surface area contributed by atoms with E-state index in [2.05, 4.69) is 5.32 Å². The molecule has 0 aromatic carbocycles. The number of nitrogens with zero attached hydrogens (tertiary/aromatic N) is 1. The quantitative estimate of drug-likeness (QED) is 0.666. The van der Waals surface area contributed by atoms with Crippen molar-refractivity contribution in [2.24, 2.45) is 0 Å². The molecule has 2 aromatic rings. The van der Waals surface area contributed by atoms with Gasteiger partial charge in [-0.2, -0.15) is 0 Å². The summed E-state index contributed by atoms with van der Waals surface area (Å²) in [5.41, 5.74) is -0.00981. The lowest BCUT2D eigenvalue weighted by Gasteiger charge is -2.01. The number of amides is 1. The maximum Gasteiger partial charge on any atom is 0.338 e. The molecule has 2 N–H and O–H groups in total. The Morgan fingerprint density at radius 1 is 1.32 bits per heavy atom. The van der Waals surface area contributed by atoms with Crippen molar-refractivity contribution >= 4 is 44.6 Å². The van der Waals surface area contributed by atoms with Crippen LogP contribution in [0.25, 0.3) is 0 Å². The van der Waals surface area contributed by atoms with Crippen molar-refractivity contribution < 1.29 is 19.6 Å². The fraction of sp³-hybridized carbons (Fsp3) is 0. The molecule has 0 aliphatic rings. The van der Waals surface area contributed by atoms with E-state index in [0.717, 1.165) is 22.7 Å². The molecule has 0 saturated heterocycles. The van der Waals surface area contributed by atoms with Crippen LogP contribution in [0.1, 0.15) is 20.0 Å². The molecule has 19 heavy (non-hydrogen) atoms. The lowest BCUT2D eigenvalue weighted by molar-refractivity contribution is -0.380. The molecule has 2 aromatic heterocycles. The average Bonchev–Trinajstić information content (AvgIpc) is 2.96. The largest absolute Gasteiger partial charge is 0.478 e. The highest BCUT2D eigenvalue weighted by atomic mass is 32.1. The minimum absolute atomic E-state index is 0.00981. The molecule has 0 aliphatic carbocycles. The highest BCUT2D eigenvalue weighted by Gasteiger charge is 2.18. The van der Waals surface area contributed by atoms with Crippen molar-refractivity contribution in [3.8, 4) is 0 Å². The van der Waals surface area contributed by atoms with Gasteiger partial charge in [0.25, 0.3) is 5.91 Å². The molecule has 0 radical (unpaired) electrons. The molecular weight excluding hydrogens is 292 g/mol. The summed E-state index contributed by atoms with van der Waals surface area (Å²) in [6.45, 7) is 0. The summed E-state index contributed by atoms with van der Waals surface area (Å²) in [4.78, 5) is 32.7. The second-order valence-corrected chi connectivity index (χ2v) is 5.30.